The second-order valence-electron chi connectivity index (χ2n) is 6.38. The Balaban J connectivity index is 2.05. The highest BCUT2D eigenvalue weighted by Gasteiger charge is 2.23. The molecular weight excluding hydrogens is 376 g/mol. The van der Waals surface area contributed by atoms with Crippen LogP contribution in [-0.2, 0) is 11.3 Å². The van der Waals surface area contributed by atoms with Crippen molar-refractivity contribution in [3.63, 3.8) is 0 Å². The lowest BCUT2D eigenvalue weighted by atomic mass is 10.1. The second kappa shape index (κ2) is 8.06. The number of methoxy groups -OCH3 is 1. The van der Waals surface area contributed by atoms with Gasteiger partial charge in [-0.25, -0.2) is 4.79 Å². The van der Waals surface area contributed by atoms with Gasteiger partial charge in [0.2, 0.25) is 0 Å². The summed E-state index contributed by atoms with van der Waals surface area (Å²) in [6.07, 6.45) is 0. The van der Waals surface area contributed by atoms with E-state index in [0.717, 1.165) is 27.1 Å². The first-order valence-corrected chi connectivity index (χ1v) is 9.98. The molecule has 0 spiro atoms. The zero-order valence-electron chi connectivity index (χ0n) is 16.7. The Morgan fingerprint density at radius 2 is 1.93 bits per heavy atom. The molecule has 2 aromatic heterocycles. The molecule has 0 radical (unpaired) electrons. The van der Waals surface area contributed by atoms with E-state index in [1.165, 1.54) is 18.4 Å². The summed E-state index contributed by atoms with van der Waals surface area (Å²) < 4.78 is 12.4. The van der Waals surface area contributed by atoms with Crippen LogP contribution in [0.4, 0.5) is 5.00 Å². The molecule has 0 fully saturated rings. The quantitative estimate of drug-likeness (QED) is 0.605. The molecule has 0 unspecified atom stereocenters. The highest BCUT2D eigenvalue weighted by atomic mass is 32.1. The van der Waals surface area contributed by atoms with Gasteiger partial charge in [0.1, 0.15) is 16.4 Å². The molecule has 1 aromatic carbocycles. The maximum atomic E-state index is 13.2. The van der Waals surface area contributed by atoms with Crippen LogP contribution < -0.4 is 10.1 Å². The lowest BCUT2D eigenvalue weighted by Crippen LogP contribution is -2.18. The van der Waals surface area contributed by atoms with Crippen LogP contribution in [0.5, 0.6) is 5.75 Å². The van der Waals surface area contributed by atoms with Crippen LogP contribution in [0.3, 0.4) is 0 Å². The highest BCUT2D eigenvalue weighted by molar-refractivity contribution is 7.16. The van der Waals surface area contributed by atoms with E-state index in [4.69, 9.17) is 9.47 Å². The maximum Gasteiger partial charge on any atom is 0.340 e. The molecule has 0 aliphatic rings. The largest absolute Gasteiger partial charge is 0.494 e. The minimum Gasteiger partial charge on any atom is -0.494 e. The molecule has 2 heterocycles. The Bertz CT molecular complexity index is 1050. The van der Waals surface area contributed by atoms with Crippen molar-refractivity contribution in [2.24, 2.45) is 0 Å². The van der Waals surface area contributed by atoms with Gasteiger partial charge < -0.3 is 19.4 Å². The minimum absolute atomic E-state index is 0.250. The third-order valence-corrected chi connectivity index (χ3v) is 5.58. The van der Waals surface area contributed by atoms with Crippen molar-refractivity contribution in [2.75, 3.05) is 19.0 Å². The standard InChI is InChI=1S/C21H24N2O4S/c1-6-23-17-9-8-14(27-7-2)11-15(17)13(4)18(23)19(24)22-20-16(21(25)26-5)10-12(3)28-20/h8-11H,6-7H2,1-5H3,(H,22,24). The van der Waals surface area contributed by atoms with E-state index in [9.17, 15) is 9.59 Å². The topological polar surface area (TPSA) is 69.6 Å². The van der Waals surface area contributed by atoms with Crippen LogP contribution in [-0.4, -0.2) is 30.2 Å². The minimum atomic E-state index is -0.464. The predicted molar refractivity (Wildman–Crippen MR) is 112 cm³/mol. The van der Waals surface area contributed by atoms with E-state index in [1.807, 2.05) is 50.5 Å². The predicted octanol–water partition coefficient (Wildman–Crippen LogP) is 4.78. The zero-order chi connectivity index (χ0) is 20.4. The maximum absolute atomic E-state index is 13.2. The second-order valence-corrected chi connectivity index (χ2v) is 7.63. The SMILES string of the molecule is CCOc1ccc2c(c1)c(C)c(C(=O)Nc1sc(C)cc1C(=O)OC)n2CC. The van der Waals surface area contributed by atoms with Crippen molar-refractivity contribution in [3.05, 3.63) is 46.0 Å². The lowest BCUT2D eigenvalue weighted by molar-refractivity contribution is 0.0602. The van der Waals surface area contributed by atoms with Crippen LogP contribution in [0.25, 0.3) is 10.9 Å². The molecule has 1 amide bonds. The van der Waals surface area contributed by atoms with Crippen LogP contribution in [0.1, 0.15) is 45.1 Å². The Kier molecular flexibility index (Phi) is 5.74. The Hall–Kier alpha value is -2.80. The summed E-state index contributed by atoms with van der Waals surface area (Å²) >= 11 is 1.35. The number of anilines is 1. The summed E-state index contributed by atoms with van der Waals surface area (Å²) in [7, 11) is 1.33. The molecule has 0 aliphatic carbocycles. The molecule has 0 bridgehead atoms. The van der Waals surface area contributed by atoms with Gasteiger partial charge in [-0.3, -0.25) is 4.79 Å². The van der Waals surface area contributed by atoms with Crippen molar-refractivity contribution in [1.29, 1.82) is 0 Å². The molecule has 1 N–H and O–H groups in total. The molecule has 0 saturated heterocycles. The van der Waals surface area contributed by atoms with Gasteiger partial charge >= 0.3 is 5.97 Å². The summed E-state index contributed by atoms with van der Waals surface area (Å²) in [5.41, 5.74) is 2.80. The number of benzene rings is 1. The molecule has 3 rings (SSSR count). The van der Waals surface area contributed by atoms with Gasteiger partial charge in [-0.1, -0.05) is 0 Å². The number of carbonyl (C=O) groups excluding carboxylic acids is 2. The fourth-order valence-corrected chi connectivity index (χ4v) is 4.30. The fraction of sp³-hybridized carbons (Fsp3) is 0.333. The first-order chi connectivity index (χ1) is 13.4. The number of amides is 1. The van der Waals surface area contributed by atoms with Crippen molar-refractivity contribution in [3.8, 4) is 5.75 Å². The van der Waals surface area contributed by atoms with Gasteiger partial charge in [-0.2, -0.15) is 0 Å². The molecule has 3 aromatic rings. The average Bonchev–Trinajstić information content (AvgIpc) is 3.18. The first-order valence-electron chi connectivity index (χ1n) is 9.16. The number of ether oxygens (including phenoxy) is 2. The number of fused-ring (bicyclic) bond motifs is 1. The summed E-state index contributed by atoms with van der Waals surface area (Å²) in [4.78, 5) is 26.1. The summed E-state index contributed by atoms with van der Waals surface area (Å²) in [5.74, 6) is 0.0643. The van der Waals surface area contributed by atoms with Gasteiger partial charge in [-0.05, 0) is 57.5 Å². The molecule has 7 heteroatoms. The average molecular weight is 401 g/mol. The van der Waals surface area contributed by atoms with Crippen LogP contribution in [0, 0.1) is 13.8 Å². The number of aryl methyl sites for hydroxylation is 3. The molecule has 0 saturated carbocycles. The number of nitrogens with one attached hydrogen (secondary N) is 1. The number of hydrogen-bond donors (Lipinski definition) is 1. The number of nitrogens with zero attached hydrogens (tertiary/aromatic N) is 1. The van der Waals surface area contributed by atoms with Gasteiger partial charge in [0, 0.05) is 22.3 Å². The third kappa shape index (κ3) is 3.49. The number of esters is 1. The molecule has 148 valence electrons. The summed E-state index contributed by atoms with van der Waals surface area (Å²) in [5, 5.41) is 4.38. The van der Waals surface area contributed by atoms with Gasteiger partial charge in [0.05, 0.1) is 19.3 Å². The number of rotatable bonds is 6. The number of carbonyl (C=O) groups is 2. The van der Waals surface area contributed by atoms with Crippen molar-refractivity contribution >= 4 is 39.1 Å². The molecule has 0 aliphatic heterocycles. The van der Waals surface area contributed by atoms with Gasteiger partial charge in [-0.15, -0.1) is 11.3 Å². The zero-order valence-corrected chi connectivity index (χ0v) is 17.5. The van der Waals surface area contributed by atoms with E-state index in [-0.39, 0.29) is 5.91 Å². The third-order valence-electron chi connectivity index (χ3n) is 4.62. The Labute approximate surface area is 168 Å². The van der Waals surface area contributed by atoms with Crippen LogP contribution >= 0.6 is 11.3 Å². The molecule has 28 heavy (non-hydrogen) atoms. The van der Waals surface area contributed by atoms with Crippen molar-refractivity contribution in [1.82, 2.24) is 4.57 Å². The fourth-order valence-electron chi connectivity index (χ4n) is 3.41. The Morgan fingerprint density at radius 3 is 2.57 bits per heavy atom. The smallest absolute Gasteiger partial charge is 0.340 e. The van der Waals surface area contributed by atoms with Crippen molar-refractivity contribution in [2.45, 2.75) is 34.2 Å². The summed E-state index contributed by atoms with van der Waals surface area (Å²) in [6, 6.07) is 7.58. The van der Waals surface area contributed by atoms with E-state index in [2.05, 4.69) is 5.32 Å². The van der Waals surface area contributed by atoms with Crippen molar-refractivity contribution < 1.29 is 19.1 Å². The van der Waals surface area contributed by atoms with Crippen LogP contribution in [0.2, 0.25) is 0 Å². The number of thiophene rings is 1. The normalized spacial score (nSPS) is 10.9. The first kappa shape index (κ1) is 19.9. The molecular formula is C21H24N2O4S. The van der Waals surface area contributed by atoms with E-state index in [0.29, 0.717) is 29.4 Å². The Morgan fingerprint density at radius 1 is 1.18 bits per heavy atom. The monoisotopic (exact) mass is 400 g/mol. The van der Waals surface area contributed by atoms with Gasteiger partial charge in [0.25, 0.3) is 5.91 Å². The van der Waals surface area contributed by atoms with Gasteiger partial charge in [0.15, 0.2) is 0 Å². The number of aromatic nitrogens is 1. The summed E-state index contributed by atoms with van der Waals surface area (Å²) in [6.45, 7) is 8.99. The highest BCUT2D eigenvalue weighted by Crippen LogP contribution is 2.32. The van der Waals surface area contributed by atoms with E-state index < -0.39 is 5.97 Å². The molecule has 6 nitrogen and oxygen atoms in total. The van der Waals surface area contributed by atoms with E-state index in [1.54, 1.807) is 6.07 Å². The lowest BCUT2D eigenvalue weighted by Gasteiger charge is -2.10. The van der Waals surface area contributed by atoms with Crippen LogP contribution in [0.15, 0.2) is 24.3 Å². The molecule has 0 atom stereocenters. The number of hydrogen-bond acceptors (Lipinski definition) is 5. The van der Waals surface area contributed by atoms with E-state index >= 15 is 0 Å².